The molecule has 0 radical (unpaired) electrons. The Morgan fingerprint density at radius 3 is 2.42 bits per heavy atom. The Hall–Kier alpha value is -4.52. The first-order valence-electron chi connectivity index (χ1n) is 9.60. The first-order chi connectivity index (χ1) is 15.3. The minimum atomic E-state index is 0.544. The summed E-state index contributed by atoms with van der Waals surface area (Å²) in [5.74, 6) is 1.14. The third-order valence-corrected chi connectivity index (χ3v) is 4.85. The molecule has 0 aliphatic rings. The van der Waals surface area contributed by atoms with Crippen molar-refractivity contribution in [2.45, 2.75) is 0 Å². The molecule has 31 heavy (non-hydrogen) atoms. The van der Waals surface area contributed by atoms with Gasteiger partial charge >= 0.3 is 0 Å². The van der Waals surface area contributed by atoms with Crippen LogP contribution >= 0.6 is 0 Å². The number of benzene rings is 2. The van der Waals surface area contributed by atoms with Gasteiger partial charge in [-0.05, 0) is 42.0 Å². The number of carbonyl (C=O) groups is 1. The lowest BCUT2D eigenvalue weighted by atomic mass is 10.1. The van der Waals surface area contributed by atoms with Crippen LogP contribution in [0.1, 0.15) is 10.4 Å². The zero-order valence-electron chi connectivity index (χ0n) is 16.3. The van der Waals surface area contributed by atoms with Crippen LogP contribution in [0.15, 0.2) is 85.7 Å². The highest BCUT2D eigenvalue weighted by atomic mass is 16.1. The van der Waals surface area contributed by atoms with Crippen molar-refractivity contribution in [3.63, 3.8) is 0 Å². The van der Waals surface area contributed by atoms with Crippen molar-refractivity contribution < 1.29 is 4.79 Å². The van der Waals surface area contributed by atoms with Gasteiger partial charge in [-0.2, -0.15) is 0 Å². The molecule has 0 aliphatic carbocycles. The fraction of sp³-hybridized carbons (Fsp3) is 0. The Bertz CT molecular complexity index is 1370. The smallest absolute Gasteiger partial charge is 0.163 e. The summed E-state index contributed by atoms with van der Waals surface area (Å²) in [5, 5.41) is 4.14. The fourth-order valence-electron chi connectivity index (χ4n) is 3.32. The number of nitrogens with one attached hydrogen (secondary N) is 1. The number of para-hydroxylation sites is 1. The maximum absolute atomic E-state index is 11.5. The summed E-state index contributed by atoms with van der Waals surface area (Å²) >= 11 is 0. The van der Waals surface area contributed by atoms with E-state index in [1.165, 1.54) is 6.33 Å². The maximum Gasteiger partial charge on any atom is 0.163 e. The van der Waals surface area contributed by atoms with Crippen molar-refractivity contribution in [2.75, 3.05) is 5.32 Å². The highest BCUT2D eigenvalue weighted by molar-refractivity contribution is 5.96. The van der Waals surface area contributed by atoms with E-state index in [-0.39, 0.29) is 0 Å². The van der Waals surface area contributed by atoms with Gasteiger partial charge < -0.3 is 5.32 Å². The van der Waals surface area contributed by atoms with Crippen LogP contribution in [0.5, 0.6) is 0 Å². The van der Waals surface area contributed by atoms with Crippen molar-refractivity contribution in [1.82, 2.24) is 24.9 Å². The molecule has 0 fully saturated rings. The number of hydrogen-bond donors (Lipinski definition) is 1. The number of aromatic nitrogens is 5. The largest absolute Gasteiger partial charge is 0.339 e. The Morgan fingerprint density at radius 2 is 1.61 bits per heavy atom. The van der Waals surface area contributed by atoms with Gasteiger partial charge in [-0.1, -0.05) is 18.2 Å². The first kappa shape index (κ1) is 18.5. The third kappa shape index (κ3) is 3.72. The van der Waals surface area contributed by atoms with Crippen molar-refractivity contribution >= 4 is 28.7 Å². The van der Waals surface area contributed by atoms with Crippen molar-refractivity contribution in [1.29, 1.82) is 0 Å². The van der Waals surface area contributed by atoms with E-state index in [0.717, 1.165) is 33.9 Å². The number of rotatable bonds is 5. The Kier molecular flexibility index (Phi) is 4.82. The molecule has 3 aromatic heterocycles. The third-order valence-electron chi connectivity index (χ3n) is 4.85. The topological polar surface area (TPSA) is 93.6 Å². The second kappa shape index (κ2) is 8.08. The van der Waals surface area contributed by atoms with E-state index in [1.54, 1.807) is 30.9 Å². The Balaban J connectivity index is 1.71. The fourth-order valence-corrected chi connectivity index (χ4v) is 3.32. The monoisotopic (exact) mass is 404 g/mol. The molecule has 0 bridgehead atoms. The maximum atomic E-state index is 11.5. The number of carbonyl (C=O) groups excluding carboxylic acids is 1. The van der Waals surface area contributed by atoms with Crippen LogP contribution in [0, 0.1) is 0 Å². The molecule has 0 atom stereocenters. The number of hydrogen-bond acceptors (Lipinski definition) is 7. The van der Waals surface area contributed by atoms with E-state index in [4.69, 9.17) is 9.97 Å². The van der Waals surface area contributed by atoms with E-state index in [9.17, 15) is 4.79 Å². The molecule has 0 spiro atoms. The summed E-state index contributed by atoms with van der Waals surface area (Å²) in [6, 6.07) is 17.0. The Morgan fingerprint density at radius 1 is 0.774 bits per heavy atom. The molecule has 0 aliphatic heterocycles. The lowest BCUT2D eigenvalue weighted by Crippen LogP contribution is -2.01. The summed E-state index contributed by atoms with van der Waals surface area (Å²) in [4.78, 5) is 33.4. The molecule has 0 saturated carbocycles. The summed E-state index contributed by atoms with van der Waals surface area (Å²) in [6.07, 6.45) is 9.26. The van der Waals surface area contributed by atoms with E-state index in [0.29, 0.717) is 22.9 Å². The quantitative estimate of drug-likeness (QED) is 0.424. The molecule has 1 N–H and O–H groups in total. The predicted octanol–water partition coefficient (Wildman–Crippen LogP) is 4.70. The molecule has 5 rings (SSSR count). The zero-order chi connectivity index (χ0) is 21.0. The van der Waals surface area contributed by atoms with Crippen molar-refractivity contribution in [3.8, 4) is 22.5 Å². The molecule has 0 amide bonds. The Labute approximate surface area is 177 Å². The van der Waals surface area contributed by atoms with Crippen LogP contribution in [-0.4, -0.2) is 31.2 Å². The normalized spacial score (nSPS) is 10.7. The summed E-state index contributed by atoms with van der Waals surface area (Å²) in [6.45, 7) is 0. The molecular weight excluding hydrogens is 388 g/mol. The van der Waals surface area contributed by atoms with Gasteiger partial charge in [0, 0.05) is 46.9 Å². The van der Waals surface area contributed by atoms with E-state index >= 15 is 0 Å². The standard InChI is InChI=1S/C24H16N6O/c31-14-18-4-1-2-6-21(18)28-24-20-10-16(19-12-26-15-27-13-19)7-8-22(20)29-23(30-24)17-5-3-9-25-11-17/h1-15H,(H,28,29,30). The second-order valence-corrected chi connectivity index (χ2v) is 6.83. The summed E-state index contributed by atoms with van der Waals surface area (Å²) in [5.41, 5.74) is 4.61. The van der Waals surface area contributed by atoms with Gasteiger partial charge in [-0.15, -0.1) is 0 Å². The molecule has 7 nitrogen and oxygen atoms in total. The number of pyridine rings is 1. The molecular formula is C24H16N6O. The van der Waals surface area contributed by atoms with Gasteiger partial charge in [0.1, 0.15) is 12.1 Å². The van der Waals surface area contributed by atoms with Crippen LogP contribution in [0.4, 0.5) is 11.5 Å². The van der Waals surface area contributed by atoms with Crippen LogP contribution in [0.25, 0.3) is 33.4 Å². The second-order valence-electron chi connectivity index (χ2n) is 6.83. The molecule has 0 unspecified atom stereocenters. The highest BCUT2D eigenvalue weighted by Gasteiger charge is 2.13. The average Bonchev–Trinajstić information content (AvgIpc) is 2.85. The SMILES string of the molecule is O=Cc1ccccc1Nc1nc(-c2cccnc2)nc2ccc(-c3cncnc3)cc12. The number of nitrogens with zero attached hydrogens (tertiary/aromatic N) is 5. The van der Waals surface area contributed by atoms with Gasteiger partial charge in [-0.25, -0.2) is 19.9 Å². The molecule has 7 heteroatoms. The van der Waals surface area contributed by atoms with Crippen LogP contribution in [-0.2, 0) is 0 Å². The van der Waals surface area contributed by atoms with Crippen molar-refractivity contribution in [3.05, 3.63) is 91.3 Å². The molecule has 5 aromatic rings. The van der Waals surface area contributed by atoms with Crippen LogP contribution < -0.4 is 5.32 Å². The van der Waals surface area contributed by atoms with Crippen LogP contribution in [0.2, 0.25) is 0 Å². The molecule has 0 saturated heterocycles. The molecule has 148 valence electrons. The zero-order valence-corrected chi connectivity index (χ0v) is 16.3. The lowest BCUT2D eigenvalue weighted by molar-refractivity contribution is 0.112. The average molecular weight is 404 g/mol. The minimum Gasteiger partial charge on any atom is -0.339 e. The molecule has 2 aromatic carbocycles. The van der Waals surface area contributed by atoms with Gasteiger partial charge in [0.2, 0.25) is 0 Å². The van der Waals surface area contributed by atoms with Gasteiger partial charge in [-0.3, -0.25) is 9.78 Å². The van der Waals surface area contributed by atoms with Crippen molar-refractivity contribution in [2.24, 2.45) is 0 Å². The minimum absolute atomic E-state index is 0.544. The predicted molar refractivity (Wildman–Crippen MR) is 119 cm³/mol. The van der Waals surface area contributed by atoms with Gasteiger partial charge in [0.25, 0.3) is 0 Å². The van der Waals surface area contributed by atoms with E-state index in [1.807, 2.05) is 48.5 Å². The van der Waals surface area contributed by atoms with E-state index in [2.05, 4.69) is 20.3 Å². The highest BCUT2D eigenvalue weighted by Crippen LogP contribution is 2.31. The summed E-state index contributed by atoms with van der Waals surface area (Å²) in [7, 11) is 0. The van der Waals surface area contributed by atoms with Gasteiger partial charge in [0.05, 0.1) is 11.2 Å². The van der Waals surface area contributed by atoms with Crippen LogP contribution in [0.3, 0.4) is 0 Å². The lowest BCUT2D eigenvalue weighted by Gasteiger charge is -2.13. The summed E-state index contributed by atoms with van der Waals surface area (Å²) < 4.78 is 0. The first-order valence-corrected chi connectivity index (χ1v) is 9.60. The molecule has 3 heterocycles. The number of anilines is 2. The van der Waals surface area contributed by atoms with E-state index < -0.39 is 0 Å². The van der Waals surface area contributed by atoms with Gasteiger partial charge in [0.15, 0.2) is 12.1 Å². The number of fused-ring (bicyclic) bond motifs is 1. The number of aldehydes is 1.